The molecule has 1 aliphatic rings. The summed E-state index contributed by atoms with van der Waals surface area (Å²) in [5.41, 5.74) is 1.15. The van der Waals surface area contributed by atoms with Crippen molar-refractivity contribution in [3.63, 3.8) is 0 Å². The molecule has 6 nitrogen and oxygen atoms in total. The highest BCUT2D eigenvalue weighted by molar-refractivity contribution is 8.00. The first kappa shape index (κ1) is 21.6. The van der Waals surface area contributed by atoms with Gasteiger partial charge in [-0.3, -0.25) is 14.2 Å². The van der Waals surface area contributed by atoms with E-state index in [0.29, 0.717) is 34.8 Å². The highest BCUT2D eigenvalue weighted by atomic mass is 32.2. The van der Waals surface area contributed by atoms with Crippen LogP contribution in [0.25, 0.3) is 10.9 Å². The van der Waals surface area contributed by atoms with Crippen LogP contribution in [-0.4, -0.2) is 39.9 Å². The zero-order chi connectivity index (χ0) is 21.8. The summed E-state index contributed by atoms with van der Waals surface area (Å²) in [6, 6.07) is 14.5. The third-order valence-corrected chi connectivity index (χ3v) is 6.43. The maximum Gasteiger partial charge on any atom is 0.262 e. The van der Waals surface area contributed by atoms with E-state index in [2.05, 4.69) is 0 Å². The highest BCUT2D eigenvalue weighted by Crippen LogP contribution is 2.27. The Morgan fingerprint density at radius 2 is 2.03 bits per heavy atom. The number of hydrogen-bond donors (Lipinski definition) is 0. The minimum atomic E-state index is -0.401. The molecule has 0 bridgehead atoms. The molecule has 1 saturated heterocycles. The molecule has 0 N–H and O–H groups in total. The smallest absolute Gasteiger partial charge is 0.262 e. The second kappa shape index (κ2) is 9.66. The molecule has 2 atom stereocenters. The number of Topliss-reactive ketones (excluding diaryl/α,β-unsaturated/α-hetero) is 1. The number of ether oxygens (including phenoxy) is 2. The standard InChI is InChI=1S/C24H26N2O4S/c1-3-29-18-12-10-17(11-13-18)22(27)16(2)31-24-25-21-9-5-4-8-20(21)23(28)26(24)15-19-7-6-14-30-19/h4-5,8-13,16,19H,3,6-7,14-15H2,1-2H3/t16-,19-/m1/s1. The van der Waals surface area contributed by atoms with Gasteiger partial charge in [0.1, 0.15) is 5.75 Å². The summed E-state index contributed by atoms with van der Waals surface area (Å²) in [5.74, 6) is 0.722. The molecule has 0 amide bonds. The summed E-state index contributed by atoms with van der Waals surface area (Å²) in [7, 11) is 0. The summed E-state index contributed by atoms with van der Waals surface area (Å²) in [5, 5.41) is 0.725. The first-order valence-corrected chi connectivity index (χ1v) is 11.5. The first-order valence-electron chi connectivity index (χ1n) is 10.6. The largest absolute Gasteiger partial charge is 0.494 e. The van der Waals surface area contributed by atoms with Gasteiger partial charge in [0.2, 0.25) is 0 Å². The van der Waals surface area contributed by atoms with Crippen molar-refractivity contribution in [3.05, 3.63) is 64.4 Å². The van der Waals surface area contributed by atoms with Crippen molar-refractivity contribution < 1.29 is 14.3 Å². The van der Waals surface area contributed by atoms with Crippen molar-refractivity contribution in [1.29, 1.82) is 0 Å². The Balaban J connectivity index is 1.62. The lowest BCUT2D eigenvalue weighted by Gasteiger charge is -2.18. The molecule has 7 heteroatoms. The minimum absolute atomic E-state index is 0.00266. The SMILES string of the molecule is CCOc1ccc(C(=O)[C@@H](C)Sc2nc3ccccc3c(=O)n2C[C@H]2CCCO2)cc1. The van der Waals surface area contributed by atoms with Crippen molar-refractivity contribution >= 4 is 28.4 Å². The van der Waals surface area contributed by atoms with E-state index in [0.717, 1.165) is 25.2 Å². The number of nitrogens with zero attached hydrogens (tertiary/aromatic N) is 2. The topological polar surface area (TPSA) is 70.4 Å². The summed E-state index contributed by atoms with van der Waals surface area (Å²) in [6.07, 6.45) is 1.91. The van der Waals surface area contributed by atoms with Crippen molar-refractivity contribution in [1.82, 2.24) is 9.55 Å². The average molecular weight is 439 g/mol. The van der Waals surface area contributed by atoms with Crippen LogP contribution in [0.1, 0.15) is 37.0 Å². The maximum absolute atomic E-state index is 13.2. The van der Waals surface area contributed by atoms with Gasteiger partial charge in [0.05, 0.1) is 35.4 Å². The zero-order valence-corrected chi connectivity index (χ0v) is 18.6. The molecule has 2 aromatic carbocycles. The number of carbonyl (C=O) groups is 1. The van der Waals surface area contributed by atoms with Crippen LogP contribution in [0.3, 0.4) is 0 Å². The van der Waals surface area contributed by atoms with E-state index < -0.39 is 5.25 Å². The van der Waals surface area contributed by atoms with E-state index in [-0.39, 0.29) is 17.4 Å². The second-order valence-electron chi connectivity index (χ2n) is 7.54. The zero-order valence-electron chi connectivity index (χ0n) is 17.7. The van der Waals surface area contributed by atoms with Crippen LogP contribution in [0, 0.1) is 0 Å². The van der Waals surface area contributed by atoms with Crippen molar-refractivity contribution in [2.45, 2.75) is 49.7 Å². The van der Waals surface area contributed by atoms with Gasteiger partial charge in [-0.1, -0.05) is 23.9 Å². The summed E-state index contributed by atoms with van der Waals surface area (Å²) >= 11 is 1.32. The molecule has 4 rings (SSSR count). The number of hydrogen-bond acceptors (Lipinski definition) is 6. The lowest BCUT2D eigenvalue weighted by molar-refractivity contribution is 0.0937. The number of para-hydroxylation sites is 1. The Hall–Kier alpha value is -2.64. The van der Waals surface area contributed by atoms with Crippen LogP contribution >= 0.6 is 11.8 Å². The third-order valence-electron chi connectivity index (χ3n) is 5.34. The van der Waals surface area contributed by atoms with Gasteiger partial charge in [0.15, 0.2) is 10.9 Å². The molecule has 1 aromatic heterocycles. The fourth-order valence-corrected chi connectivity index (χ4v) is 4.71. The van der Waals surface area contributed by atoms with E-state index in [1.54, 1.807) is 34.9 Å². The monoisotopic (exact) mass is 438 g/mol. The van der Waals surface area contributed by atoms with Crippen LogP contribution in [0.15, 0.2) is 58.5 Å². The van der Waals surface area contributed by atoms with Crippen LogP contribution in [0.5, 0.6) is 5.75 Å². The Kier molecular flexibility index (Phi) is 6.73. The molecular formula is C24H26N2O4S. The fraction of sp³-hybridized carbons (Fsp3) is 0.375. The van der Waals surface area contributed by atoms with Crippen LogP contribution in [0.2, 0.25) is 0 Å². The Morgan fingerprint density at radius 3 is 2.74 bits per heavy atom. The number of ketones is 1. The van der Waals surface area contributed by atoms with Gasteiger partial charge in [-0.25, -0.2) is 4.98 Å². The molecule has 0 aliphatic carbocycles. The Bertz CT molecular complexity index is 1120. The van der Waals surface area contributed by atoms with E-state index in [1.807, 2.05) is 32.0 Å². The van der Waals surface area contributed by atoms with Gasteiger partial charge < -0.3 is 9.47 Å². The molecular weight excluding hydrogens is 412 g/mol. The van der Waals surface area contributed by atoms with Crippen molar-refractivity contribution in [2.24, 2.45) is 0 Å². The predicted octanol–water partition coefficient (Wildman–Crippen LogP) is 4.34. The Labute approximate surface area is 185 Å². The predicted molar refractivity (Wildman–Crippen MR) is 122 cm³/mol. The van der Waals surface area contributed by atoms with Gasteiger partial charge in [-0.05, 0) is 63.1 Å². The summed E-state index contributed by atoms with van der Waals surface area (Å²) in [6.45, 7) is 5.51. The summed E-state index contributed by atoms with van der Waals surface area (Å²) in [4.78, 5) is 31.0. The maximum atomic E-state index is 13.2. The number of fused-ring (bicyclic) bond motifs is 1. The first-order chi connectivity index (χ1) is 15.1. The van der Waals surface area contributed by atoms with Crippen LogP contribution in [-0.2, 0) is 11.3 Å². The lowest BCUT2D eigenvalue weighted by Crippen LogP contribution is -2.29. The fourth-order valence-electron chi connectivity index (χ4n) is 3.72. The van der Waals surface area contributed by atoms with Crippen molar-refractivity contribution in [2.75, 3.05) is 13.2 Å². The van der Waals surface area contributed by atoms with E-state index in [9.17, 15) is 9.59 Å². The number of benzene rings is 2. The van der Waals surface area contributed by atoms with E-state index >= 15 is 0 Å². The van der Waals surface area contributed by atoms with Gasteiger partial charge >= 0.3 is 0 Å². The molecule has 0 saturated carbocycles. The second-order valence-corrected chi connectivity index (χ2v) is 8.85. The quantitative estimate of drug-likeness (QED) is 0.296. The van der Waals surface area contributed by atoms with Gasteiger partial charge in [-0.2, -0.15) is 0 Å². The van der Waals surface area contributed by atoms with Gasteiger partial charge in [0, 0.05) is 12.2 Å². The number of thioether (sulfide) groups is 1. The number of aromatic nitrogens is 2. The van der Waals surface area contributed by atoms with Crippen LogP contribution < -0.4 is 10.3 Å². The minimum Gasteiger partial charge on any atom is -0.494 e. The molecule has 0 spiro atoms. The van der Waals surface area contributed by atoms with Crippen molar-refractivity contribution in [3.8, 4) is 5.75 Å². The highest BCUT2D eigenvalue weighted by Gasteiger charge is 2.23. The normalized spacial score (nSPS) is 17.0. The summed E-state index contributed by atoms with van der Waals surface area (Å²) < 4.78 is 12.9. The lowest BCUT2D eigenvalue weighted by atomic mass is 10.1. The molecule has 1 aliphatic heterocycles. The molecule has 0 unspecified atom stereocenters. The number of carbonyl (C=O) groups excluding carboxylic acids is 1. The molecule has 0 radical (unpaired) electrons. The molecule has 3 aromatic rings. The Morgan fingerprint density at radius 1 is 1.26 bits per heavy atom. The van der Waals surface area contributed by atoms with Gasteiger partial charge in [-0.15, -0.1) is 0 Å². The van der Waals surface area contributed by atoms with E-state index in [1.165, 1.54) is 11.8 Å². The molecule has 31 heavy (non-hydrogen) atoms. The van der Waals surface area contributed by atoms with E-state index in [4.69, 9.17) is 14.5 Å². The molecule has 1 fully saturated rings. The molecule has 162 valence electrons. The third kappa shape index (κ3) is 4.83. The van der Waals surface area contributed by atoms with Gasteiger partial charge in [0.25, 0.3) is 5.56 Å². The average Bonchev–Trinajstić information content (AvgIpc) is 3.30. The number of rotatable bonds is 8. The molecule has 2 heterocycles. The van der Waals surface area contributed by atoms with Crippen LogP contribution in [0.4, 0.5) is 0 Å².